The van der Waals surface area contributed by atoms with Crippen molar-refractivity contribution in [3.8, 4) is 23.0 Å². The number of benzene rings is 2. The summed E-state index contributed by atoms with van der Waals surface area (Å²) < 4.78 is 97.8. The van der Waals surface area contributed by atoms with Crippen LogP contribution in [0.1, 0.15) is 117 Å². The summed E-state index contributed by atoms with van der Waals surface area (Å²) >= 11 is 0. The molecule has 2 aromatic rings. The number of aliphatic hydroxyl groups excluding tert-OH is 2. The molecule has 6 fully saturated rings. The summed E-state index contributed by atoms with van der Waals surface area (Å²) in [6.45, 7) is 18.0. The largest absolute Gasteiger partial charge is 0.462 e. The standard InChI is InChI=1S/C48H72O14.C20H18O6/c1-11-25(2)43-28(5)17-18-47(62-43)23-34-20-33(61-47)16-15-27(4)42(26(3)13-12-14-32-24-55-45-40(49)29(6)19-35(46(51)58-34)48(32,45)52)59-39-22-37(54-10)44(31(8)57-39)60-38-21-36(53-9)41(50)30(7)56-38;1-3-15-17(25-9-23-15)5-11(1)19-13-7-22-20(14(13)8-21-19)12-2-4-16-18(6-12)26-10-24-16/h12-15,17-19,25-26,28,30-31,33-45,49-50,52H,11,16,20-24H2,1-10H3;1-6,13-14,19-20H,7-10H2. The second kappa shape index (κ2) is 26.5. The normalized spacial score (nSPS) is 42.1. The van der Waals surface area contributed by atoms with Gasteiger partial charge in [0.2, 0.25) is 13.6 Å². The molecule has 482 valence electrons. The van der Waals surface area contributed by atoms with Crippen LogP contribution in [0.15, 0.2) is 95.6 Å². The summed E-state index contributed by atoms with van der Waals surface area (Å²) in [5, 5.41) is 34.2. The highest BCUT2D eigenvalue weighted by atomic mass is 16.7. The van der Waals surface area contributed by atoms with Crippen molar-refractivity contribution in [3.05, 3.63) is 107 Å². The predicted octanol–water partition coefficient (Wildman–Crippen LogP) is 8.60. The summed E-state index contributed by atoms with van der Waals surface area (Å²) in [7, 11) is 3.22. The topological polar surface area (TPSA) is 225 Å². The van der Waals surface area contributed by atoms with Gasteiger partial charge in [-0.05, 0) is 98.2 Å². The second-order valence-corrected chi connectivity index (χ2v) is 26.0. The molecule has 10 aliphatic heterocycles. The number of ether oxygens (including phenoxy) is 16. The number of fused-ring (bicyclic) bond motifs is 5. The Labute approximate surface area is 516 Å². The Balaban J connectivity index is 0.000000237. The van der Waals surface area contributed by atoms with E-state index in [0.717, 1.165) is 46.1 Å². The molecule has 2 bridgehead atoms. The molecule has 24 unspecified atom stereocenters. The van der Waals surface area contributed by atoms with Crippen LogP contribution in [-0.4, -0.2) is 166 Å². The average Bonchev–Trinajstić information content (AvgIpc) is 1.64. The molecule has 3 N–H and O–H groups in total. The van der Waals surface area contributed by atoms with Crippen LogP contribution in [-0.2, 0) is 61.6 Å². The van der Waals surface area contributed by atoms with Crippen molar-refractivity contribution in [1.29, 1.82) is 0 Å². The van der Waals surface area contributed by atoms with Gasteiger partial charge < -0.3 is 91.1 Å². The Hall–Kier alpha value is -4.75. The summed E-state index contributed by atoms with van der Waals surface area (Å²) in [6.07, 6.45) is 8.59. The lowest BCUT2D eigenvalue weighted by Crippen LogP contribution is -2.58. The van der Waals surface area contributed by atoms with Crippen molar-refractivity contribution in [2.75, 3.05) is 47.6 Å². The van der Waals surface area contributed by atoms with Gasteiger partial charge in [-0.15, -0.1) is 0 Å². The minimum absolute atomic E-state index is 0.0218. The Morgan fingerprint density at radius 2 is 1.36 bits per heavy atom. The summed E-state index contributed by atoms with van der Waals surface area (Å²) in [6, 6.07) is 12.1. The van der Waals surface area contributed by atoms with Gasteiger partial charge in [-0.2, -0.15) is 0 Å². The molecule has 6 saturated heterocycles. The number of rotatable bonds is 10. The van der Waals surface area contributed by atoms with Crippen LogP contribution in [0, 0.1) is 35.5 Å². The number of carbonyl (C=O) groups is 1. The van der Waals surface area contributed by atoms with Crippen molar-refractivity contribution >= 4 is 5.97 Å². The van der Waals surface area contributed by atoms with Crippen molar-refractivity contribution in [3.63, 3.8) is 0 Å². The van der Waals surface area contributed by atoms with E-state index in [2.05, 4.69) is 52.0 Å². The van der Waals surface area contributed by atoms with E-state index in [-0.39, 0.29) is 68.5 Å². The van der Waals surface area contributed by atoms with Gasteiger partial charge in [0.05, 0.1) is 74.8 Å². The number of hydrogen-bond acceptors (Lipinski definition) is 20. The first-order valence-corrected chi connectivity index (χ1v) is 31.7. The zero-order chi connectivity index (χ0) is 61.8. The first kappa shape index (κ1) is 63.4. The van der Waals surface area contributed by atoms with Gasteiger partial charge in [-0.3, -0.25) is 4.79 Å². The van der Waals surface area contributed by atoms with Crippen molar-refractivity contribution in [1.82, 2.24) is 0 Å². The third kappa shape index (κ3) is 12.5. The zero-order valence-corrected chi connectivity index (χ0v) is 52.3. The first-order chi connectivity index (χ1) is 42.4. The highest BCUT2D eigenvalue weighted by Gasteiger charge is 2.60. The van der Waals surface area contributed by atoms with Crippen LogP contribution >= 0.6 is 0 Å². The van der Waals surface area contributed by atoms with Gasteiger partial charge in [-0.1, -0.05) is 82.7 Å². The van der Waals surface area contributed by atoms with Crippen molar-refractivity contribution in [2.45, 2.75) is 203 Å². The monoisotopic (exact) mass is 1230 g/mol. The fraction of sp³-hybridized carbons (Fsp3) is 0.662. The number of methoxy groups -OCH3 is 2. The van der Waals surface area contributed by atoms with E-state index in [1.54, 1.807) is 40.2 Å². The van der Waals surface area contributed by atoms with Crippen LogP contribution < -0.4 is 18.9 Å². The van der Waals surface area contributed by atoms with Crippen molar-refractivity contribution < 1.29 is 95.9 Å². The van der Waals surface area contributed by atoms with Crippen LogP contribution in [0.5, 0.6) is 23.0 Å². The highest BCUT2D eigenvalue weighted by Crippen LogP contribution is 2.53. The minimum atomic E-state index is -1.84. The maximum absolute atomic E-state index is 14.3. The van der Waals surface area contributed by atoms with Crippen LogP contribution in [0.25, 0.3) is 0 Å². The Morgan fingerprint density at radius 1 is 0.727 bits per heavy atom. The van der Waals surface area contributed by atoms with Gasteiger partial charge in [0.15, 0.2) is 41.4 Å². The van der Waals surface area contributed by atoms with E-state index < -0.39 is 90.8 Å². The Kier molecular flexibility index (Phi) is 19.1. The smallest absolute Gasteiger partial charge is 0.316 e. The lowest BCUT2D eigenvalue weighted by Gasteiger charge is -2.48. The van der Waals surface area contributed by atoms with Gasteiger partial charge in [0, 0.05) is 63.6 Å². The van der Waals surface area contributed by atoms with E-state index in [0.29, 0.717) is 68.3 Å². The van der Waals surface area contributed by atoms with Crippen molar-refractivity contribution in [2.24, 2.45) is 35.5 Å². The van der Waals surface area contributed by atoms with E-state index >= 15 is 0 Å². The zero-order valence-electron chi connectivity index (χ0n) is 52.3. The number of hydrogen-bond donors (Lipinski definition) is 3. The van der Waals surface area contributed by atoms with Crippen LogP contribution in [0.3, 0.4) is 0 Å². The van der Waals surface area contributed by atoms with E-state index in [1.807, 2.05) is 56.3 Å². The molecule has 0 radical (unpaired) electrons. The van der Waals surface area contributed by atoms with Gasteiger partial charge in [-0.25, -0.2) is 0 Å². The average molecular weight is 1230 g/mol. The summed E-state index contributed by atoms with van der Waals surface area (Å²) in [5.41, 5.74) is 2.38. The molecule has 1 aliphatic carbocycles. The molecular formula is C68H90O20. The molecule has 20 nitrogen and oxygen atoms in total. The van der Waals surface area contributed by atoms with Crippen LogP contribution in [0.2, 0.25) is 0 Å². The molecule has 88 heavy (non-hydrogen) atoms. The molecule has 20 heteroatoms. The summed E-state index contributed by atoms with van der Waals surface area (Å²) in [4.78, 5) is 14.3. The third-order valence-corrected chi connectivity index (χ3v) is 20.2. The van der Waals surface area contributed by atoms with E-state index in [1.165, 1.54) is 0 Å². The highest BCUT2D eigenvalue weighted by molar-refractivity contribution is 5.78. The number of carbonyl (C=O) groups excluding carboxylic acids is 1. The number of aliphatic hydroxyl groups is 3. The molecule has 24 atom stereocenters. The molecule has 1 spiro atoms. The molecule has 0 aromatic heterocycles. The predicted molar refractivity (Wildman–Crippen MR) is 317 cm³/mol. The second-order valence-electron chi connectivity index (χ2n) is 26.0. The number of esters is 1. The Morgan fingerprint density at radius 3 is 2.02 bits per heavy atom. The van der Waals surface area contributed by atoms with Gasteiger partial charge in [0.25, 0.3) is 0 Å². The molecule has 13 rings (SSSR count). The quantitative estimate of drug-likeness (QED) is 0.150. The maximum Gasteiger partial charge on any atom is 0.316 e. The molecule has 0 saturated carbocycles. The lowest BCUT2D eigenvalue weighted by molar-refractivity contribution is -0.318. The Bertz CT molecular complexity index is 2890. The first-order valence-electron chi connectivity index (χ1n) is 31.7. The summed E-state index contributed by atoms with van der Waals surface area (Å²) in [5.74, 6) is 1.26. The van der Waals surface area contributed by atoms with Gasteiger partial charge in [0.1, 0.15) is 42.0 Å². The number of allylic oxidation sites excluding steroid dienone is 2. The SMILES string of the molecule is CCC(C)C1OC2(C=CC1C)CC1CC(CC=C(C)C(OC3CC(OC)C(OC4CC(OC)C(O)C(C)O4)C(C)O3)C(C)C=CC=C3COC4C(O)C(C)=CC(C(=O)O1)C34O)O2.c1cc2c(cc1C1OCC3C(c4ccc5c(c4)OCO5)OCC13)OCO2. The van der Waals surface area contributed by atoms with Gasteiger partial charge >= 0.3 is 5.97 Å². The van der Waals surface area contributed by atoms with E-state index in [9.17, 15) is 20.1 Å². The maximum atomic E-state index is 14.3. The molecule has 0 amide bonds. The third-order valence-electron chi connectivity index (χ3n) is 20.2. The lowest BCUT2D eigenvalue weighted by atomic mass is 9.71. The fourth-order valence-electron chi connectivity index (χ4n) is 15.0. The molecule has 10 heterocycles. The van der Waals surface area contributed by atoms with Crippen LogP contribution in [0.4, 0.5) is 0 Å². The van der Waals surface area contributed by atoms with E-state index in [4.69, 9.17) is 75.8 Å². The fourth-order valence-corrected chi connectivity index (χ4v) is 15.0. The molecule has 2 aromatic carbocycles. The molecular weight excluding hydrogens is 1140 g/mol. The molecule has 11 aliphatic rings. The minimum Gasteiger partial charge on any atom is -0.462 e.